The molecule has 0 amide bonds. The molecule has 0 saturated heterocycles. The van der Waals surface area contributed by atoms with Gasteiger partial charge < -0.3 is 9.84 Å². The number of ether oxygens (including phenoxy) is 1. The molecule has 1 aromatic rings. The second-order valence-electron chi connectivity index (χ2n) is 3.21. The molecular weight excluding hydrogens is 242 g/mol. The number of nitro benzene ring substituents is 1. The van der Waals surface area contributed by atoms with Crippen LogP contribution < -0.4 is 0 Å². The Morgan fingerprint density at radius 2 is 2.17 bits per heavy atom. The molecule has 1 aromatic carbocycles. The number of benzene rings is 1. The van der Waals surface area contributed by atoms with Gasteiger partial charge in [0.2, 0.25) is 5.75 Å². The molecular formula is C11H9NO6. The van der Waals surface area contributed by atoms with Gasteiger partial charge in [0.15, 0.2) is 6.29 Å². The highest BCUT2D eigenvalue weighted by molar-refractivity contribution is 5.89. The molecule has 7 heteroatoms. The molecule has 0 saturated carbocycles. The van der Waals surface area contributed by atoms with E-state index in [0.29, 0.717) is 0 Å². The first-order valence-electron chi connectivity index (χ1n) is 4.72. The van der Waals surface area contributed by atoms with Crippen LogP contribution in [0.15, 0.2) is 18.2 Å². The smallest absolute Gasteiger partial charge is 0.330 e. The maximum Gasteiger partial charge on any atom is 0.330 e. The van der Waals surface area contributed by atoms with E-state index in [1.807, 2.05) is 0 Å². The number of hydrogen-bond donors (Lipinski definition) is 1. The van der Waals surface area contributed by atoms with Crippen molar-refractivity contribution in [3.63, 3.8) is 0 Å². The molecule has 0 aliphatic heterocycles. The normalized spacial score (nSPS) is 10.3. The van der Waals surface area contributed by atoms with Crippen LogP contribution in [0.2, 0.25) is 0 Å². The molecule has 1 rings (SSSR count). The number of carbonyl (C=O) groups excluding carboxylic acids is 2. The van der Waals surface area contributed by atoms with E-state index in [-0.39, 0.29) is 17.4 Å². The number of esters is 1. The van der Waals surface area contributed by atoms with Gasteiger partial charge in [0.25, 0.3) is 0 Å². The highest BCUT2D eigenvalue weighted by Crippen LogP contribution is 2.30. The number of phenols is 1. The maximum absolute atomic E-state index is 10.9. The molecule has 0 spiro atoms. The van der Waals surface area contributed by atoms with Crippen molar-refractivity contribution in [2.24, 2.45) is 0 Å². The summed E-state index contributed by atoms with van der Waals surface area (Å²) >= 11 is 0. The molecule has 18 heavy (non-hydrogen) atoms. The highest BCUT2D eigenvalue weighted by Gasteiger charge is 2.18. The number of nitro groups is 1. The Kier molecular flexibility index (Phi) is 4.14. The van der Waals surface area contributed by atoms with Gasteiger partial charge in [-0.1, -0.05) is 0 Å². The number of phenolic OH excluding ortho intramolecular Hbond substituents is 1. The minimum absolute atomic E-state index is 0.228. The summed E-state index contributed by atoms with van der Waals surface area (Å²) in [6.45, 7) is 0. The molecule has 0 heterocycles. The predicted octanol–water partition coefficient (Wildman–Crippen LogP) is 1.30. The van der Waals surface area contributed by atoms with Crippen molar-refractivity contribution in [3.05, 3.63) is 39.4 Å². The van der Waals surface area contributed by atoms with Crippen LogP contribution in [0.25, 0.3) is 6.08 Å². The van der Waals surface area contributed by atoms with Gasteiger partial charge in [-0.2, -0.15) is 0 Å². The second kappa shape index (κ2) is 5.58. The summed E-state index contributed by atoms with van der Waals surface area (Å²) in [6, 6.07) is 2.26. The van der Waals surface area contributed by atoms with Gasteiger partial charge in [0.1, 0.15) is 0 Å². The molecule has 0 unspecified atom stereocenters. The van der Waals surface area contributed by atoms with E-state index in [0.717, 1.165) is 12.1 Å². The molecule has 0 radical (unpaired) electrons. The number of aromatic hydroxyl groups is 1. The average molecular weight is 251 g/mol. The zero-order chi connectivity index (χ0) is 13.7. The number of carbonyl (C=O) groups is 2. The second-order valence-corrected chi connectivity index (χ2v) is 3.21. The molecule has 0 aliphatic rings. The topological polar surface area (TPSA) is 107 Å². The Morgan fingerprint density at radius 1 is 1.50 bits per heavy atom. The van der Waals surface area contributed by atoms with E-state index >= 15 is 0 Å². The Labute approximate surface area is 101 Å². The van der Waals surface area contributed by atoms with Gasteiger partial charge in [-0.05, 0) is 17.7 Å². The summed E-state index contributed by atoms with van der Waals surface area (Å²) in [5, 5.41) is 20.1. The lowest BCUT2D eigenvalue weighted by Gasteiger charge is -2.01. The molecule has 94 valence electrons. The summed E-state index contributed by atoms with van der Waals surface area (Å²) in [5.74, 6) is -1.34. The number of hydrogen-bond acceptors (Lipinski definition) is 6. The Bertz CT molecular complexity index is 535. The summed E-state index contributed by atoms with van der Waals surface area (Å²) in [4.78, 5) is 31.3. The van der Waals surface area contributed by atoms with Gasteiger partial charge >= 0.3 is 11.7 Å². The van der Waals surface area contributed by atoms with E-state index in [1.54, 1.807) is 0 Å². The fourth-order valence-electron chi connectivity index (χ4n) is 1.22. The molecule has 0 fully saturated rings. The lowest BCUT2D eigenvalue weighted by Crippen LogP contribution is -1.95. The van der Waals surface area contributed by atoms with Crippen molar-refractivity contribution in [1.29, 1.82) is 0 Å². The monoisotopic (exact) mass is 251 g/mol. The first kappa shape index (κ1) is 13.4. The number of rotatable bonds is 4. The standard InChI is InChI=1S/C11H9NO6/c1-18-10(14)3-2-7-4-8(6-13)11(15)9(5-7)12(16)17/h2-6,15H,1H3. The third-order valence-electron chi connectivity index (χ3n) is 2.08. The Hall–Kier alpha value is -2.70. The largest absolute Gasteiger partial charge is 0.502 e. The highest BCUT2D eigenvalue weighted by atomic mass is 16.6. The van der Waals surface area contributed by atoms with Crippen LogP contribution in [0.3, 0.4) is 0 Å². The zero-order valence-electron chi connectivity index (χ0n) is 9.32. The fraction of sp³-hybridized carbons (Fsp3) is 0.0909. The summed E-state index contributed by atoms with van der Waals surface area (Å²) in [6.07, 6.45) is 2.58. The van der Waals surface area contributed by atoms with Crippen molar-refractivity contribution in [2.75, 3.05) is 7.11 Å². The van der Waals surface area contributed by atoms with E-state index in [4.69, 9.17) is 0 Å². The maximum atomic E-state index is 10.9. The first-order chi connectivity index (χ1) is 8.49. The van der Waals surface area contributed by atoms with Crippen LogP contribution >= 0.6 is 0 Å². The fourth-order valence-corrected chi connectivity index (χ4v) is 1.22. The molecule has 0 bridgehead atoms. The van der Waals surface area contributed by atoms with E-state index < -0.39 is 22.3 Å². The first-order valence-corrected chi connectivity index (χ1v) is 4.72. The zero-order valence-corrected chi connectivity index (χ0v) is 9.32. The summed E-state index contributed by atoms with van der Waals surface area (Å²) in [5.41, 5.74) is -0.607. The molecule has 0 atom stereocenters. The third-order valence-corrected chi connectivity index (χ3v) is 2.08. The molecule has 0 aromatic heterocycles. The Morgan fingerprint density at radius 3 is 2.67 bits per heavy atom. The molecule has 7 nitrogen and oxygen atoms in total. The SMILES string of the molecule is COC(=O)C=Cc1cc(C=O)c(O)c([N+](=O)[O-])c1. The van der Waals surface area contributed by atoms with Crippen molar-refractivity contribution >= 4 is 24.0 Å². The van der Waals surface area contributed by atoms with Crippen LogP contribution in [0, 0.1) is 10.1 Å². The number of aldehydes is 1. The van der Waals surface area contributed by atoms with E-state index in [1.165, 1.54) is 19.3 Å². The van der Waals surface area contributed by atoms with Crippen molar-refractivity contribution in [3.8, 4) is 5.75 Å². The van der Waals surface area contributed by atoms with Crippen molar-refractivity contribution in [1.82, 2.24) is 0 Å². The van der Waals surface area contributed by atoms with Gasteiger partial charge in [0, 0.05) is 12.1 Å². The Balaban J connectivity index is 3.26. The van der Waals surface area contributed by atoms with E-state index in [9.17, 15) is 24.8 Å². The van der Waals surface area contributed by atoms with Crippen LogP contribution in [-0.4, -0.2) is 29.4 Å². The van der Waals surface area contributed by atoms with E-state index in [2.05, 4.69) is 4.74 Å². The summed E-state index contributed by atoms with van der Waals surface area (Å²) < 4.78 is 4.35. The van der Waals surface area contributed by atoms with Crippen LogP contribution in [0.1, 0.15) is 15.9 Å². The van der Waals surface area contributed by atoms with Gasteiger partial charge in [0.05, 0.1) is 17.6 Å². The lowest BCUT2D eigenvalue weighted by molar-refractivity contribution is -0.385. The molecule has 0 aliphatic carbocycles. The van der Waals surface area contributed by atoms with Crippen molar-refractivity contribution in [2.45, 2.75) is 0 Å². The van der Waals surface area contributed by atoms with Gasteiger partial charge in [-0.25, -0.2) is 4.79 Å². The van der Waals surface area contributed by atoms with Gasteiger partial charge in [-0.3, -0.25) is 14.9 Å². The third kappa shape index (κ3) is 2.91. The number of nitrogens with zero attached hydrogens (tertiary/aromatic N) is 1. The van der Waals surface area contributed by atoms with Crippen LogP contribution in [-0.2, 0) is 9.53 Å². The minimum Gasteiger partial charge on any atom is -0.502 e. The summed E-state index contributed by atoms with van der Waals surface area (Å²) in [7, 11) is 1.18. The number of methoxy groups -OCH3 is 1. The molecule has 1 N–H and O–H groups in total. The van der Waals surface area contributed by atoms with Crippen LogP contribution in [0.4, 0.5) is 5.69 Å². The predicted molar refractivity (Wildman–Crippen MR) is 61.2 cm³/mol. The van der Waals surface area contributed by atoms with Crippen LogP contribution in [0.5, 0.6) is 5.75 Å². The van der Waals surface area contributed by atoms with Gasteiger partial charge in [-0.15, -0.1) is 0 Å². The lowest BCUT2D eigenvalue weighted by atomic mass is 10.1. The quantitative estimate of drug-likeness (QED) is 0.284. The van der Waals surface area contributed by atoms with Crippen molar-refractivity contribution < 1.29 is 24.4 Å². The average Bonchev–Trinajstić information content (AvgIpc) is 2.36. The minimum atomic E-state index is -0.822.